The van der Waals surface area contributed by atoms with Crippen molar-refractivity contribution in [3.05, 3.63) is 29.8 Å². The molecule has 1 rings (SSSR count). The Morgan fingerprint density at radius 2 is 1.63 bits per heavy atom. The molecule has 2 heteroatoms. The zero-order chi connectivity index (χ0) is 14.4. The summed E-state index contributed by atoms with van der Waals surface area (Å²) in [6, 6.07) is 10.0. The minimum absolute atomic E-state index is 0.464. The van der Waals surface area contributed by atoms with Crippen molar-refractivity contribution < 1.29 is 0 Å². The summed E-state index contributed by atoms with van der Waals surface area (Å²) >= 11 is 0. The molecule has 0 saturated carbocycles. The van der Waals surface area contributed by atoms with Crippen LogP contribution in [0.25, 0.3) is 0 Å². The van der Waals surface area contributed by atoms with Gasteiger partial charge in [-0.25, -0.2) is 0 Å². The monoisotopic (exact) mass is 262 g/mol. The van der Waals surface area contributed by atoms with Crippen molar-refractivity contribution >= 4 is 5.69 Å². The van der Waals surface area contributed by atoms with Gasteiger partial charge < -0.3 is 10.2 Å². The summed E-state index contributed by atoms with van der Waals surface area (Å²) in [5.41, 5.74) is 2.71. The lowest BCUT2D eigenvalue weighted by molar-refractivity contribution is 0.568. The van der Waals surface area contributed by atoms with E-state index in [0.717, 1.165) is 13.0 Å². The van der Waals surface area contributed by atoms with E-state index >= 15 is 0 Å². The number of benzene rings is 1. The summed E-state index contributed by atoms with van der Waals surface area (Å²) in [7, 11) is 2.03. The molecule has 1 aromatic rings. The maximum Gasteiger partial charge on any atom is 0.0368 e. The van der Waals surface area contributed by atoms with Crippen LogP contribution in [0, 0.1) is 5.92 Å². The first kappa shape index (κ1) is 16.0. The second-order valence-electron chi connectivity index (χ2n) is 5.98. The Hall–Kier alpha value is -1.02. The fraction of sp³-hybridized carbons (Fsp3) is 0.647. The predicted octanol–water partition coefficient (Wildman–Crippen LogP) is 4.23. The first-order valence-electron chi connectivity index (χ1n) is 7.53. The van der Waals surface area contributed by atoms with Crippen LogP contribution in [0.4, 0.5) is 5.69 Å². The van der Waals surface area contributed by atoms with Crippen LogP contribution in [0.15, 0.2) is 24.3 Å². The Morgan fingerprint density at radius 3 is 2.00 bits per heavy atom. The van der Waals surface area contributed by atoms with Crippen molar-refractivity contribution in [2.24, 2.45) is 5.92 Å². The van der Waals surface area contributed by atoms with E-state index in [-0.39, 0.29) is 0 Å². The van der Waals surface area contributed by atoms with Crippen LogP contribution in [0.1, 0.15) is 52.6 Å². The van der Waals surface area contributed by atoms with Crippen LogP contribution in [-0.4, -0.2) is 19.6 Å². The zero-order valence-electron chi connectivity index (χ0n) is 13.4. The standard InChI is InChI=1S/C17H30N2/c1-7-17(18-6)15-8-10-16(11-9-15)19(14(4)5)12-13(2)3/h8-11,13-14,17-18H,7,12H2,1-6H3. The maximum absolute atomic E-state index is 3.36. The van der Waals surface area contributed by atoms with Crippen molar-refractivity contribution in [1.29, 1.82) is 0 Å². The van der Waals surface area contributed by atoms with E-state index in [0.29, 0.717) is 18.0 Å². The highest BCUT2D eigenvalue weighted by Gasteiger charge is 2.13. The molecule has 0 saturated heterocycles. The van der Waals surface area contributed by atoms with Crippen molar-refractivity contribution in [2.75, 3.05) is 18.5 Å². The van der Waals surface area contributed by atoms with Crippen LogP contribution >= 0.6 is 0 Å². The van der Waals surface area contributed by atoms with E-state index in [1.807, 2.05) is 7.05 Å². The molecule has 1 N–H and O–H groups in total. The molecule has 1 unspecified atom stereocenters. The molecule has 0 aliphatic heterocycles. The summed E-state index contributed by atoms with van der Waals surface area (Å²) < 4.78 is 0. The fourth-order valence-corrected chi connectivity index (χ4v) is 2.51. The molecule has 108 valence electrons. The SMILES string of the molecule is CCC(NC)c1ccc(N(CC(C)C)C(C)C)cc1. The molecule has 0 aliphatic carbocycles. The second kappa shape index (κ2) is 7.54. The molecule has 0 aromatic heterocycles. The lowest BCUT2D eigenvalue weighted by atomic mass is 10.0. The van der Waals surface area contributed by atoms with Crippen LogP contribution in [-0.2, 0) is 0 Å². The highest BCUT2D eigenvalue weighted by Crippen LogP contribution is 2.23. The summed E-state index contributed by atoms with van der Waals surface area (Å²) in [4.78, 5) is 2.48. The summed E-state index contributed by atoms with van der Waals surface area (Å²) in [5, 5.41) is 3.36. The first-order valence-corrected chi connectivity index (χ1v) is 7.53. The van der Waals surface area contributed by atoms with Gasteiger partial charge in [0.2, 0.25) is 0 Å². The van der Waals surface area contributed by atoms with Gasteiger partial charge in [-0.1, -0.05) is 32.9 Å². The van der Waals surface area contributed by atoms with E-state index in [2.05, 4.69) is 69.1 Å². The average Bonchev–Trinajstić information content (AvgIpc) is 2.38. The van der Waals surface area contributed by atoms with Gasteiger partial charge in [0.05, 0.1) is 0 Å². The van der Waals surface area contributed by atoms with Gasteiger partial charge in [0, 0.05) is 24.3 Å². The van der Waals surface area contributed by atoms with Gasteiger partial charge in [-0.2, -0.15) is 0 Å². The molecule has 1 atom stereocenters. The molecule has 0 spiro atoms. The third-order valence-corrected chi connectivity index (χ3v) is 3.57. The van der Waals surface area contributed by atoms with E-state index in [4.69, 9.17) is 0 Å². The van der Waals surface area contributed by atoms with Crippen molar-refractivity contribution in [3.8, 4) is 0 Å². The quantitative estimate of drug-likeness (QED) is 0.791. The highest BCUT2D eigenvalue weighted by atomic mass is 15.2. The topological polar surface area (TPSA) is 15.3 Å². The van der Waals surface area contributed by atoms with Gasteiger partial charge in [0.15, 0.2) is 0 Å². The number of anilines is 1. The Morgan fingerprint density at radius 1 is 1.05 bits per heavy atom. The molecule has 0 bridgehead atoms. The Labute approximate surface area is 119 Å². The minimum Gasteiger partial charge on any atom is -0.369 e. The normalized spacial score (nSPS) is 13.1. The van der Waals surface area contributed by atoms with Gasteiger partial charge in [0.1, 0.15) is 0 Å². The smallest absolute Gasteiger partial charge is 0.0368 e. The Kier molecular flexibility index (Phi) is 6.36. The molecule has 0 heterocycles. The number of rotatable bonds is 7. The predicted molar refractivity (Wildman–Crippen MR) is 85.9 cm³/mol. The van der Waals surface area contributed by atoms with Crippen molar-refractivity contribution in [1.82, 2.24) is 5.32 Å². The van der Waals surface area contributed by atoms with Gasteiger partial charge >= 0.3 is 0 Å². The number of hydrogen-bond acceptors (Lipinski definition) is 2. The Bertz CT molecular complexity index is 350. The average molecular weight is 262 g/mol. The van der Waals surface area contributed by atoms with Crippen LogP contribution in [0.2, 0.25) is 0 Å². The lowest BCUT2D eigenvalue weighted by Gasteiger charge is -2.31. The van der Waals surface area contributed by atoms with Gasteiger partial charge in [-0.3, -0.25) is 0 Å². The van der Waals surface area contributed by atoms with E-state index in [1.54, 1.807) is 0 Å². The molecular formula is C17H30N2. The fourth-order valence-electron chi connectivity index (χ4n) is 2.51. The zero-order valence-corrected chi connectivity index (χ0v) is 13.4. The lowest BCUT2D eigenvalue weighted by Crippen LogP contribution is -2.34. The van der Waals surface area contributed by atoms with Gasteiger partial charge in [-0.05, 0) is 50.9 Å². The molecule has 19 heavy (non-hydrogen) atoms. The Balaban J connectivity index is 2.88. The van der Waals surface area contributed by atoms with Gasteiger partial charge in [-0.15, -0.1) is 0 Å². The van der Waals surface area contributed by atoms with Crippen LogP contribution < -0.4 is 10.2 Å². The van der Waals surface area contributed by atoms with Crippen LogP contribution in [0.5, 0.6) is 0 Å². The third kappa shape index (κ3) is 4.54. The van der Waals surface area contributed by atoms with E-state index < -0.39 is 0 Å². The van der Waals surface area contributed by atoms with Crippen LogP contribution in [0.3, 0.4) is 0 Å². The van der Waals surface area contributed by atoms with E-state index in [1.165, 1.54) is 11.3 Å². The minimum atomic E-state index is 0.464. The van der Waals surface area contributed by atoms with Crippen molar-refractivity contribution in [3.63, 3.8) is 0 Å². The highest BCUT2D eigenvalue weighted by molar-refractivity contribution is 5.48. The van der Waals surface area contributed by atoms with E-state index in [9.17, 15) is 0 Å². The number of nitrogens with zero attached hydrogens (tertiary/aromatic N) is 1. The second-order valence-corrected chi connectivity index (χ2v) is 5.98. The first-order chi connectivity index (χ1) is 8.99. The summed E-state index contributed by atoms with van der Waals surface area (Å²) in [6.45, 7) is 12.4. The molecule has 2 nitrogen and oxygen atoms in total. The summed E-state index contributed by atoms with van der Waals surface area (Å²) in [5.74, 6) is 0.683. The van der Waals surface area contributed by atoms with Gasteiger partial charge in [0.25, 0.3) is 0 Å². The largest absolute Gasteiger partial charge is 0.369 e. The molecular weight excluding hydrogens is 232 g/mol. The number of nitrogens with one attached hydrogen (secondary N) is 1. The molecule has 0 fully saturated rings. The molecule has 0 amide bonds. The molecule has 0 aliphatic rings. The third-order valence-electron chi connectivity index (χ3n) is 3.57. The summed E-state index contributed by atoms with van der Waals surface area (Å²) in [6.07, 6.45) is 1.12. The molecule has 0 radical (unpaired) electrons. The molecule has 1 aromatic carbocycles. The number of hydrogen-bond donors (Lipinski definition) is 1. The maximum atomic E-state index is 3.36. The van der Waals surface area contributed by atoms with Crippen molar-refractivity contribution in [2.45, 2.75) is 53.1 Å².